The topological polar surface area (TPSA) is 59.1 Å². The van der Waals surface area contributed by atoms with Gasteiger partial charge in [-0.15, -0.1) is 0 Å². The van der Waals surface area contributed by atoms with Crippen LogP contribution in [0.5, 0.6) is 0 Å². The quantitative estimate of drug-likeness (QED) is 0.460. The molecule has 2 heterocycles. The molecule has 2 N–H and O–H groups in total. The second-order valence-electron chi connectivity index (χ2n) is 9.81. The number of piperazine rings is 1. The SMILES string of the molecule is O=C(c1ccc(Cl)cc1NCc1ccccc1)N1C[C@@H](O)[C@H](N2CCN(Cc3ccc(Cl)cc3)CC2)C1. The number of β-amino-alcohol motifs (C(OH)–C–C–N with tert-alkyl or cyclic N) is 1. The lowest BCUT2D eigenvalue weighted by atomic mass is 10.1. The first-order valence-corrected chi connectivity index (χ1v) is 13.5. The summed E-state index contributed by atoms with van der Waals surface area (Å²) in [5.74, 6) is -0.0878. The van der Waals surface area contributed by atoms with Crippen molar-refractivity contribution in [3.8, 4) is 0 Å². The van der Waals surface area contributed by atoms with E-state index in [-0.39, 0.29) is 11.9 Å². The number of nitrogens with zero attached hydrogens (tertiary/aromatic N) is 3. The molecule has 2 saturated heterocycles. The Kier molecular flexibility index (Phi) is 8.33. The standard InChI is InChI=1S/C29H32Cl2N4O2/c30-23-8-6-22(7-9-23)18-33-12-14-34(15-13-33)27-19-35(20-28(27)36)29(37)25-11-10-24(31)16-26(25)32-17-21-4-2-1-3-5-21/h1-11,16,27-28,32,36H,12-15,17-20H2/t27-,28-/m1/s1. The number of hydrogen-bond acceptors (Lipinski definition) is 5. The number of benzene rings is 3. The fourth-order valence-corrected chi connectivity index (χ4v) is 5.51. The molecule has 0 unspecified atom stereocenters. The molecule has 6 nitrogen and oxygen atoms in total. The summed E-state index contributed by atoms with van der Waals surface area (Å²) in [5, 5.41) is 15.6. The lowest BCUT2D eigenvalue weighted by Gasteiger charge is -2.38. The maximum Gasteiger partial charge on any atom is 0.256 e. The first-order valence-electron chi connectivity index (χ1n) is 12.7. The van der Waals surface area contributed by atoms with Crippen LogP contribution in [0.4, 0.5) is 5.69 Å². The van der Waals surface area contributed by atoms with Gasteiger partial charge in [-0.2, -0.15) is 0 Å². The van der Waals surface area contributed by atoms with Crippen molar-refractivity contribution < 1.29 is 9.90 Å². The summed E-state index contributed by atoms with van der Waals surface area (Å²) in [4.78, 5) is 20.1. The lowest BCUT2D eigenvalue weighted by molar-refractivity contribution is 0.0423. The van der Waals surface area contributed by atoms with Crippen molar-refractivity contribution in [2.24, 2.45) is 0 Å². The molecule has 2 aliphatic rings. The number of hydrogen-bond donors (Lipinski definition) is 2. The van der Waals surface area contributed by atoms with Crippen molar-refractivity contribution in [2.45, 2.75) is 25.2 Å². The smallest absolute Gasteiger partial charge is 0.256 e. The minimum absolute atomic E-state index is 0.0605. The van der Waals surface area contributed by atoms with Gasteiger partial charge in [0.1, 0.15) is 0 Å². The number of aliphatic hydroxyl groups excluding tert-OH is 1. The minimum Gasteiger partial charge on any atom is -0.390 e. The number of halogens is 2. The number of nitrogens with one attached hydrogen (secondary N) is 1. The van der Waals surface area contributed by atoms with E-state index in [9.17, 15) is 9.90 Å². The van der Waals surface area contributed by atoms with Gasteiger partial charge in [-0.25, -0.2) is 0 Å². The number of carbonyl (C=O) groups excluding carboxylic acids is 1. The number of amides is 1. The monoisotopic (exact) mass is 538 g/mol. The van der Waals surface area contributed by atoms with Gasteiger partial charge in [0, 0.05) is 68.1 Å². The Bertz CT molecular complexity index is 1200. The van der Waals surface area contributed by atoms with Crippen LogP contribution in [0.1, 0.15) is 21.5 Å². The molecule has 2 aliphatic heterocycles. The molecule has 2 atom stereocenters. The Morgan fingerprint density at radius 3 is 2.30 bits per heavy atom. The van der Waals surface area contributed by atoms with E-state index in [0.29, 0.717) is 35.9 Å². The van der Waals surface area contributed by atoms with Gasteiger partial charge in [0.15, 0.2) is 0 Å². The Morgan fingerprint density at radius 2 is 1.57 bits per heavy atom. The van der Waals surface area contributed by atoms with Crippen molar-refractivity contribution in [2.75, 3.05) is 44.6 Å². The highest BCUT2D eigenvalue weighted by atomic mass is 35.5. The van der Waals surface area contributed by atoms with E-state index in [4.69, 9.17) is 23.2 Å². The Morgan fingerprint density at radius 1 is 0.865 bits per heavy atom. The summed E-state index contributed by atoms with van der Waals surface area (Å²) in [6.45, 7) is 5.89. The Hall–Kier alpha value is -2.61. The van der Waals surface area contributed by atoms with Crippen LogP contribution in [-0.2, 0) is 13.1 Å². The molecule has 0 spiro atoms. The second kappa shape index (κ2) is 11.8. The molecule has 0 bridgehead atoms. The first-order chi connectivity index (χ1) is 18.0. The van der Waals surface area contributed by atoms with Gasteiger partial charge in [-0.1, -0.05) is 65.7 Å². The second-order valence-corrected chi connectivity index (χ2v) is 10.7. The molecule has 8 heteroatoms. The van der Waals surface area contributed by atoms with Gasteiger partial charge >= 0.3 is 0 Å². The van der Waals surface area contributed by atoms with E-state index in [0.717, 1.165) is 43.3 Å². The molecule has 5 rings (SSSR count). The van der Waals surface area contributed by atoms with E-state index < -0.39 is 6.10 Å². The number of rotatable bonds is 7. The molecular formula is C29H32Cl2N4O2. The fraction of sp³-hybridized carbons (Fsp3) is 0.345. The van der Waals surface area contributed by atoms with Gasteiger partial charge in [0.05, 0.1) is 17.7 Å². The van der Waals surface area contributed by atoms with Gasteiger partial charge < -0.3 is 15.3 Å². The summed E-state index contributed by atoms with van der Waals surface area (Å²) in [6, 6.07) is 23.3. The van der Waals surface area contributed by atoms with Crippen LogP contribution < -0.4 is 5.32 Å². The first kappa shape index (κ1) is 26.0. The van der Waals surface area contributed by atoms with Crippen LogP contribution in [0.15, 0.2) is 72.8 Å². The average molecular weight is 540 g/mol. The van der Waals surface area contributed by atoms with Crippen LogP contribution in [0, 0.1) is 0 Å². The highest BCUT2D eigenvalue weighted by molar-refractivity contribution is 6.31. The molecular weight excluding hydrogens is 507 g/mol. The van der Waals surface area contributed by atoms with Crippen molar-refractivity contribution in [3.05, 3.63) is 99.5 Å². The molecule has 1 amide bonds. The van der Waals surface area contributed by atoms with Crippen molar-refractivity contribution in [1.82, 2.24) is 14.7 Å². The zero-order chi connectivity index (χ0) is 25.8. The predicted octanol–water partition coefficient (Wildman–Crippen LogP) is 4.61. The average Bonchev–Trinajstić information content (AvgIpc) is 3.31. The third kappa shape index (κ3) is 6.46. The maximum atomic E-state index is 13.5. The third-order valence-electron chi connectivity index (χ3n) is 7.28. The molecule has 0 aliphatic carbocycles. The van der Waals surface area contributed by atoms with E-state index >= 15 is 0 Å². The summed E-state index contributed by atoms with van der Waals surface area (Å²) in [6.07, 6.45) is -0.570. The van der Waals surface area contributed by atoms with Crippen molar-refractivity contribution in [1.29, 1.82) is 0 Å². The molecule has 0 aromatic heterocycles. The number of carbonyl (C=O) groups is 1. The predicted molar refractivity (Wildman–Crippen MR) is 149 cm³/mol. The number of aliphatic hydroxyl groups is 1. The summed E-state index contributed by atoms with van der Waals surface area (Å²) in [5.41, 5.74) is 3.64. The maximum absolute atomic E-state index is 13.5. The molecule has 3 aromatic carbocycles. The summed E-state index contributed by atoms with van der Waals surface area (Å²) in [7, 11) is 0. The van der Waals surface area contributed by atoms with Crippen molar-refractivity contribution >= 4 is 34.8 Å². The number of anilines is 1. The van der Waals surface area contributed by atoms with Gasteiger partial charge in [-0.3, -0.25) is 14.6 Å². The van der Waals surface area contributed by atoms with Crippen LogP contribution in [0.25, 0.3) is 0 Å². The third-order valence-corrected chi connectivity index (χ3v) is 7.77. The van der Waals surface area contributed by atoms with E-state index in [1.54, 1.807) is 23.1 Å². The van der Waals surface area contributed by atoms with E-state index in [1.165, 1.54) is 5.56 Å². The van der Waals surface area contributed by atoms with Gasteiger partial charge in [-0.05, 0) is 41.5 Å². The van der Waals surface area contributed by atoms with Crippen LogP contribution in [0.2, 0.25) is 10.0 Å². The zero-order valence-electron chi connectivity index (χ0n) is 20.7. The normalized spacial score (nSPS) is 20.8. The van der Waals surface area contributed by atoms with E-state index in [1.807, 2.05) is 42.5 Å². The molecule has 3 aromatic rings. The Balaban J connectivity index is 1.19. The molecule has 0 saturated carbocycles. The zero-order valence-corrected chi connectivity index (χ0v) is 22.2. The van der Waals surface area contributed by atoms with Crippen LogP contribution >= 0.6 is 23.2 Å². The molecule has 194 valence electrons. The van der Waals surface area contributed by atoms with Crippen molar-refractivity contribution in [3.63, 3.8) is 0 Å². The molecule has 2 fully saturated rings. The van der Waals surface area contributed by atoms with Crippen LogP contribution in [-0.4, -0.2) is 77.1 Å². The van der Waals surface area contributed by atoms with Gasteiger partial charge in [0.25, 0.3) is 5.91 Å². The molecule has 37 heavy (non-hydrogen) atoms. The Labute approximate surface area is 228 Å². The summed E-state index contributed by atoms with van der Waals surface area (Å²) < 4.78 is 0. The number of likely N-dealkylation sites (tertiary alicyclic amines) is 1. The van der Waals surface area contributed by atoms with E-state index in [2.05, 4.69) is 27.2 Å². The highest BCUT2D eigenvalue weighted by Crippen LogP contribution is 2.27. The van der Waals surface area contributed by atoms with Crippen LogP contribution in [0.3, 0.4) is 0 Å². The molecule has 0 radical (unpaired) electrons. The minimum atomic E-state index is -0.570. The highest BCUT2D eigenvalue weighted by Gasteiger charge is 2.39. The largest absolute Gasteiger partial charge is 0.390 e. The van der Waals surface area contributed by atoms with Gasteiger partial charge in [0.2, 0.25) is 0 Å². The lowest BCUT2D eigenvalue weighted by Crippen LogP contribution is -2.53. The fourth-order valence-electron chi connectivity index (χ4n) is 5.21. The summed E-state index contributed by atoms with van der Waals surface area (Å²) >= 11 is 12.3.